The van der Waals surface area contributed by atoms with Crippen LogP contribution in [-0.4, -0.2) is 12.5 Å². The van der Waals surface area contributed by atoms with Crippen LogP contribution in [0.4, 0.5) is 0 Å². The molecular formula is C19H23NOS. The lowest BCUT2D eigenvalue weighted by Gasteiger charge is -2.29. The Hall–Kier alpha value is -1.61. The number of hydrogen-bond acceptors (Lipinski definition) is 2. The van der Waals surface area contributed by atoms with Gasteiger partial charge in [-0.15, -0.1) is 0 Å². The van der Waals surface area contributed by atoms with Gasteiger partial charge >= 0.3 is 0 Å². The maximum atomic E-state index is 12.6. The summed E-state index contributed by atoms with van der Waals surface area (Å²) in [6.07, 6.45) is 4.87. The molecule has 22 heavy (non-hydrogen) atoms. The lowest BCUT2D eigenvalue weighted by atomic mass is 9.80. The second-order valence-electron chi connectivity index (χ2n) is 6.50. The van der Waals surface area contributed by atoms with E-state index in [0.29, 0.717) is 0 Å². The van der Waals surface area contributed by atoms with E-state index in [1.54, 1.807) is 11.3 Å². The molecule has 0 spiro atoms. The summed E-state index contributed by atoms with van der Waals surface area (Å²) in [4.78, 5) is 12.6. The minimum atomic E-state index is 0.0581. The Labute approximate surface area is 136 Å². The molecule has 1 aliphatic rings. The first-order valence-corrected chi connectivity index (χ1v) is 8.93. The number of thiophene rings is 1. The molecule has 2 nitrogen and oxygen atoms in total. The summed E-state index contributed by atoms with van der Waals surface area (Å²) in [5.74, 6) is 0.0581. The van der Waals surface area contributed by atoms with Crippen molar-refractivity contribution >= 4 is 17.2 Å². The van der Waals surface area contributed by atoms with Gasteiger partial charge in [-0.2, -0.15) is 11.3 Å². The third kappa shape index (κ3) is 2.95. The van der Waals surface area contributed by atoms with Gasteiger partial charge in [-0.05, 0) is 60.7 Å². The fraction of sp³-hybridized carbons (Fsp3) is 0.421. The topological polar surface area (TPSA) is 29.1 Å². The minimum Gasteiger partial charge on any atom is -0.351 e. The SMILES string of the molecule is Cc1ccc(C)c(C(=O)NCC2(c3ccsc3)CCCC2)c1. The molecule has 116 valence electrons. The van der Waals surface area contributed by atoms with E-state index in [4.69, 9.17) is 0 Å². The summed E-state index contributed by atoms with van der Waals surface area (Å²) in [6, 6.07) is 8.28. The van der Waals surface area contributed by atoms with Gasteiger partial charge in [-0.25, -0.2) is 0 Å². The summed E-state index contributed by atoms with van der Waals surface area (Å²) >= 11 is 1.75. The molecule has 1 aromatic heterocycles. The van der Waals surface area contributed by atoms with Crippen LogP contribution in [0.2, 0.25) is 0 Å². The molecule has 3 heteroatoms. The first kappa shape index (κ1) is 15.3. The van der Waals surface area contributed by atoms with Crippen molar-refractivity contribution in [3.05, 3.63) is 57.3 Å². The van der Waals surface area contributed by atoms with Crippen LogP contribution in [0.1, 0.15) is 52.7 Å². The van der Waals surface area contributed by atoms with Gasteiger partial charge < -0.3 is 5.32 Å². The van der Waals surface area contributed by atoms with Crippen LogP contribution in [-0.2, 0) is 5.41 Å². The second kappa shape index (κ2) is 6.25. The smallest absolute Gasteiger partial charge is 0.251 e. The zero-order valence-corrected chi connectivity index (χ0v) is 14.1. The van der Waals surface area contributed by atoms with E-state index in [-0.39, 0.29) is 11.3 Å². The molecule has 1 aliphatic carbocycles. The molecule has 0 radical (unpaired) electrons. The Morgan fingerprint density at radius 3 is 2.68 bits per heavy atom. The Bertz CT molecular complexity index is 654. The Morgan fingerprint density at radius 1 is 1.23 bits per heavy atom. The van der Waals surface area contributed by atoms with Crippen LogP contribution < -0.4 is 5.32 Å². The molecule has 1 amide bonds. The van der Waals surface area contributed by atoms with Crippen LogP contribution >= 0.6 is 11.3 Å². The number of aryl methyl sites for hydroxylation is 2. The molecule has 0 saturated heterocycles. The minimum absolute atomic E-state index is 0.0581. The first-order chi connectivity index (χ1) is 10.6. The van der Waals surface area contributed by atoms with Gasteiger partial charge in [0.2, 0.25) is 0 Å². The molecule has 0 bridgehead atoms. The van der Waals surface area contributed by atoms with E-state index >= 15 is 0 Å². The second-order valence-corrected chi connectivity index (χ2v) is 7.28. The largest absolute Gasteiger partial charge is 0.351 e. The lowest BCUT2D eigenvalue weighted by molar-refractivity contribution is 0.0942. The number of carbonyl (C=O) groups excluding carboxylic acids is 1. The molecule has 1 saturated carbocycles. The summed E-state index contributed by atoms with van der Waals surface area (Å²) in [5, 5.41) is 7.59. The highest BCUT2D eigenvalue weighted by molar-refractivity contribution is 7.08. The molecule has 3 rings (SSSR count). The standard InChI is InChI=1S/C19H23NOS/c1-14-5-6-15(2)17(11-14)18(21)20-13-19(8-3-4-9-19)16-7-10-22-12-16/h5-7,10-12H,3-4,8-9,13H2,1-2H3,(H,20,21). The Balaban J connectivity index is 1.76. The molecule has 1 aromatic carbocycles. The highest BCUT2D eigenvalue weighted by Crippen LogP contribution is 2.41. The monoisotopic (exact) mass is 313 g/mol. The van der Waals surface area contributed by atoms with E-state index in [1.807, 2.05) is 26.0 Å². The maximum absolute atomic E-state index is 12.6. The van der Waals surface area contributed by atoms with Gasteiger partial charge in [-0.1, -0.05) is 30.5 Å². The van der Waals surface area contributed by atoms with E-state index in [0.717, 1.165) is 23.2 Å². The van der Waals surface area contributed by atoms with Crippen LogP contribution in [0.5, 0.6) is 0 Å². The van der Waals surface area contributed by atoms with Gasteiger partial charge in [0.05, 0.1) is 0 Å². The van der Waals surface area contributed by atoms with Crippen molar-refractivity contribution in [2.45, 2.75) is 44.9 Å². The van der Waals surface area contributed by atoms with Crippen molar-refractivity contribution in [3.63, 3.8) is 0 Å². The van der Waals surface area contributed by atoms with Crippen LogP contribution in [0.25, 0.3) is 0 Å². The third-order valence-corrected chi connectivity index (χ3v) is 5.60. The number of hydrogen-bond donors (Lipinski definition) is 1. The number of nitrogens with one attached hydrogen (secondary N) is 1. The number of benzene rings is 1. The predicted octanol–water partition coefficient (Wildman–Crippen LogP) is 4.61. The van der Waals surface area contributed by atoms with Gasteiger partial charge in [0, 0.05) is 17.5 Å². The van der Waals surface area contributed by atoms with Crippen molar-refractivity contribution in [2.24, 2.45) is 0 Å². The predicted molar refractivity (Wildman–Crippen MR) is 92.7 cm³/mol. The van der Waals surface area contributed by atoms with Crippen molar-refractivity contribution < 1.29 is 4.79 Å². The fourth-order valence-corrected chi connectivity index (χ4v) is 4.29. The zero-order valence-electron chi connectivity index (χ0n) is 13.3. The van der Waals surface area contributed by atoms with Gasteiger partial charge in [-0.3, -0.25) is 4.79 Å². The van der Waals surface area contributed by atoms with Crippen molar-refractivity contribution in [1.29, 1.82) is 0 Å². The molecule has 2 aromatic rings. The number of amides is 1. The molecule has 1 N–H and O–H groups in total. The van der Waals surface area contributed by atoms with E-state index in [1.165, 1.54) is 31.2 Å². The first-order valence-electron chi connectivity index (χ1n) is 7.99. The highest BCUT2D eigenvalue weighted by Gasteiger charge is 2.36. The maximum Gasteiger partial charge on any atom is 0.251 e. The Kier molecular flexibility index (Phi) is 4.34. The quantitative estimate of drug-likeness (QED) is 0.877. The van der Waals surface area contributed by atoms with Crippen molar-refractivity contribution in [3.8, 4) is 0 Å². The van der Waals surface area contributed by atoms with Crippen LogP contribution in [0, 0.1) is 13.8 Å². The normalized spacial score (nSPS) is 16.6. The van der Waals surface area contributed by atoms with Gasteiger partial charge in [0.1, 0.15) is 0 Å². The molecule has 1 heterocycles. The van der Waals surface area contributed by atoms with E-state index < -0.39 is 0 Å². The average molecular weight is 313 g/mol. The molecule has 0 atom stereocenters. The van der Waals surface area contributed by atoms with Crippen molar-refractivity contribution in [1.82, 2.24) is 5.32 Å². The molecular weight excluding hydrogens is 290 g/mol. The molecule has 1 fully saturated rings. The molecule has 0 aliphatic heterocycles. The van der Waals surface area contributed by atoms with Crippen LogP contribution in [0.3, 0.4) is 0 Å². The van der Waals surface area contributed by atoms with Gasteiger partial charge in [0.15, 0.2) is 0 Å². The summed E-state index contributed by atoms with van der Waals surface area (Å²) in [7, 11) is 0. The van der Waals surface area contributed by atoms with Crippen molar-refractivity contribution in [2.75, 3.05) is 6.54 Å². The zero-order chi connectivity index (χ0) is 15.6. The number of carbonyl (C=O) groups is 1. The lowest BCUT2D eigenvalue weighted by Crippen LogP contribution is -2.39. The van der Waals surface area contributed by atoms with Gasteiger partial charge in [0.25, 0.3) is 5.91 Å². The Morgan fingerprint density at radius 2 is 2.00 bits per heavy atom. The fourth-order valence-electron chi connectivity index (χ4n) is 3.51. The van der Waals surface area contributed by atoms with E-state index in [9.17, 15) is 4.79 Å². The summed E-state index contributed by atoms with van der Waals surface area (Å²) in [6.45, 7) is 4.77. The molecule has 0 unspecified atom stereocenters. The third-order valence-electron chi connectivity index (χ3n) is 4.92. The number of rotatable bonds is 4. The summed E-state index contributed by atoms with van der Waals surface area (Å²) in [5.41, 5.74) is 4.52. The van der Waals surface area contributed by atoms with Crippen LogP contribution in [0.15, 0.2) is 35.0 Å². The summed E-state index contributed by atoms with van der Waals surface area (Å²) < 4.78 is 0. The highest BCUT2D eigenvalue weighted by atomic mass is 32.1. The van der Waals surface area contributed by atoms with E-state index in [2.05, 4.69) is 28.2 Å². The average Bonchev–Trinajstić information content (AvgIpc) is 3.19.